The van der Waals surface area contributed by atoms with E-state index in [-0.39, 0.29) is 35.5 Å². The Kier molecular flexibility index (Phi) is 7.79. The summed E-state index contributed by atoms with van der Waals surface area (Å²) in [5, 5.41) is 14.6. The van der Waals surface area contributed by atoms with Gasteiger partial charge in [0.2, 0.25) is 0 Å². The summed E-state index contributed by atoms with van der Waals surface area (Å²) in [4.78, 5) is 28.9. The molecule has 0 saturated carbocycles. The number of hydrogen-bond acceptors (Lipinski definition) is 5. The van der Waals surface area contributed by atoms with Crippen molar-refractivity contribution in [1.82, 2.24) is 5.32 Å². The van der Waals surface area contributed by atoms with E-state index in [0.29, 0.717) is 27.1 Å². The second-order valence-corrected chi connectivity index (χ2v) is 8.00. The molecule has 156 valence electrons. The summed E-state index contributed by atoms with van der Waals surface area (Å²) in [5.41, 5.74) is 1.81. The van der Waals surface area contributed by atoms with Crippen LogP contribution in [0.2, 0.25) is 0 Å². The molecule has 6 nitrogen and oxygen atoms in total. The van der Waals surface area contributed by atoms with Crippen LogP contribution >= 0.6 is 11.8 Å². The van der Waals surface area contributed by atoms with E-state index in [2.05, 4.69) is 16.4 Å². The molecule has 0 bridgehead atoms. The van der Waals surface area contributed by atoms with Crippen LogP contribution in [-0.4, -0.2) is 29.3 Å². The van der Waals surface area contributed by atoms with Crippen molar-refractivity contribution in [3.63, 3.8) is 0 Å². The Morgan fingerprint density at radius 3 is 2.66 bits per heavy atom. The Morgan fingerprint density at radius 2 is 1.97 bits per heavy atom. The maximum absolute atomic E-state index is 12.5. The molecule has 1 aliphatic rings. The van der Waals surface area contributed by atoms with E-state index in [1.807, 2.05) is 36.4 Å². The van der Waals surface area contributed by atoms with Crippen LogP contribution in [0.3, 0.4) is 0 Å². The molecule has 1 aliphatic heterocycles. The number of amidine groups is 1. The number of ether oxygens (including phenoxy) is 1. The smallest absolute Gasteiger partial charge is 0.496 e. The number of aliphatic carboxylic acids is 1. The maximum atomic E-state index is 12.5. The van der Waals surface area contributed by atoms with E-state index in [0.717, 1.165) is 16.3 Å². The largest absolute Gasteiger partial charge is 1.00 e. The normalized spacial score (nSPS) is 16.6. The van der Waals surface area contributed by atoms with Crippen molar-refractivity contribution in [2.75, 3.05) is 7.11 Å². The Hall–Kier alpha value is -2.58. The van der Waals surface area contributed by atoms with Crippen LogP contribution in [-0.2, 0) is 9.59 Å². The van der Waals surface area contributed by atoms with Gasteiger partial charge in [0.1, 0.15) is 5.75 Å². The molecule has 1 fully saturated rings. The van der Waals surface area contributed by atoms with Crippen molar-refractivity contribution in [3.05, 3.63) is 76.7 Å². The maximum Gasteiger partial charge on any atom is 1.00 e. The average molecular weight is 454 g/mol. The Bertz CT molecular complexity index is 1260. The van der Waals surface area contributed by atoms with Gasteiger partial charge < -0.3 is 15.2 Å². The van der Waals surface area contributed by atoms with Crippen LogP contribution in [0, 0.1) is 6.07 Å². The summed E-state index contributed by atoms with van der Waals surface area (Å²) < 4.78 is 5.51. The predicted molar refractivity (Wildman–Crippen MR) is 123 cm³/mol. The molecule has 2 N–H and O–H groups in total. The van der Waals surface area contributed by atoms with E-state index >= 15 is 0 Å². The van der Waals surface area contributed by atoms with E-state index < -0.39 is 11.9 Å². The third kappa shape index (κ3) is 5.07. The number of aliphatic imine (C=N–C) groups is 1. The van der Waals surface area contributed by atoms with Crippen molar-refractivity contribution >= 4 is 51.3 Å². The Morgan fingerprint density at radius 1 is 1.25 bits per heavy atom. The Labute approximate surface area is 212 Å². The molecule has 0 aromatic heterocycles. The number of amides is 1. The number of carbonyl (C=O) groups is 2. The van der Waals surface area contributed by atoms with Crippen molar-refractivity contribution < 1.29 is 49.0 Å². The fourth-order valence-corrected chi connectivity index (χ4v) is 4.10. The first-order valence-electron chi connectivity index (χ1n) is 9.55. The molecule has 1 amide bonds. The van der Waals surface area contributed by atoms with Crippen LogP contribution in [0.4, 0.5) is 5.69 Å². The fourth-order valence-electron chi connectivity index (χ4n) is 3.27. The van der Waals surface area contributed by atoms with Crippen molar-refractivity contribution in [3.8, 4) is 5.75 Å². The number of nitrogens with zero attached hydrogens (tertiary/aromatic N) is 1. The molecular formula is C24H19N2NaO4S. The number of rotatable bonds is 5. The summed E-state index contributed by atoms with van der Waals surface area (Å²) in [6.07, 6.45) is 1.77. The molecule has 0 radical (unpaired) electrons. The van der Waals surface area contributed by atoms with Crippen LogP contribution in [0.15, 0.2) is 64.5 Å². The van der Waals surface area contributed by atoms with E-state index in [1.54, 1.807) is 38.3 Å². The zero-order valence-corrected chi connectivity index (χ0v) is 20.7. The van der Waals surface area contributed by atoms with E-state index in [1.165, 1.54) is 11.8 Å². The van der Waals surface area contributed by atoms with Gasteiger partial charge in [-0.15, -0.1) is 11.6 Å². The number of thioether (sulfide) groups is 1. The number of nitrogens with one attached hydrogen (secondary N) is 1. The van der Waals surface area contributed by atoms with Gasteiger partial charge in [-0.3, -0.25) is 14.6 Å². The monoisotopic (exact) mass is 454 g/mol. The standard InChI is InChI=1S/C24H19N2O4S.Na/c1-14(23(28)29)18-9-5-6-10-19(18)25-24-26-22(27)21(31-24)13-17-11-15-7-3-4-8-16(15)12-20(17)30-2;/h3-4,6-14H,1-2H3,(H,28,29)(H,25,26,27);/q-1;+1. The topological polar surface area (TPSA) is 88.0 Å². The number of benzene rings is 3. The first kappa shape index (κ1) is 24.1. The molecule has 8 heteroatoms. The zero-order chi connectivity index (χ0) is 22.0. The van der Waals surface area contributed by atoms with Gasteiger partial charge >= 0.3 is 29.6 Å². The van der Waals surface area contributed by atoms with E-state index in [4.69, 9.17) is 4.74 Å². The molecule has 1 saturated heterocycles. The quantitative estimate of drug-likeness (QED) is 0.348. The van der Waals surface area contributed by atoms with Crippen LogP contribution in [0.5, 0.6) is 5.75 Å². The average Bonchev–Trinajstić information content (AvgIpc) is 3.11. The van der Waals surface area contributed by atoms with Gasteiger partial charge in [-0.1, -0.05) is 31.2 Å². The summed E-state index contributed by atoms with van der Waals surface area (Å²) in [7, 11) is 1.60. The number of fused-ring (bicyclic) bond motifs is 1. The summed E-state index contributed by atoms with van der Waals surface area (Å²) in [6.45, 7) is 1.59. The first-order chi connectivity index (χ1) is 15.0. The minimum absolute atomic E-state index is 0. The second-order valence-electron chi connectivity index (χ2n) is 6.97. The molecule has 1 unspecified atom stereocenters. The van der Waals surface area contributed by atoms with Gasteiger partial charge in [0.25, 0.3) is 11.9 Å². The first-order valence-corrected chi connectivity index (χ1v) is 10.4. The van der Waals surface area contributed by atoms with Crippen molar-refractivity contribution in [1.29, 1.82) is 0 Å². The third-order valence-corrected chi connectivity index (χ3v) is 5.88. The van der Waals surface area contributed by atoms with Gasteiger partial charge in [-0.25, -0.2) is 0 Å². The molecule has 3 aromatic rings. The fraction of sp³-hybridized carbons (Fsp3) is 0.125. The molecule has 1 atom stereocenters. The molecule has 0 spiro atoms. The van der Waals surface area contributed by atoms with Gasteiger partial charge in [0.05, 0.1) is 12.0 Å². The number of carboxylic acid groups (broad SMARTS) is 1. The number of methoxy groups -OCH3 is 1. The van der Waals surface area contributed by atoms with E-state index in [9.17, 15) is 14.7 Å². The Balaban J connectivity index is 0.00000289. The van der Waals surface area contributed by atoms with Gasteiger partial charge in [-0.2, -0.15) is 18.2 Å². The molecule has 0 aliphatic carbocycles. The minimum atomic E-state index is -0.951. The zero-order valence-electron chi connectivity index (χ0n) is 17.9. The summed E-state index contributed by atoms with van der Waals surface area (Å²) >= 11 is 1.20. The molecule has 32 heavy (non-hydrogen) atoms. The molecule has 3 aromatic carbocycles. The SMILES string of the molecule is COc1cc2ccccc2cc1C=C1SC(=Nc2cc[c-]cc2C(C)C(=O)O)NC1=O.[Na+]. The minimum Gasteiger partial charge on any atom is -0.496 e. The second kappa shape index (κ2) is 10.4. The number of carbonyl (C=O) groups excluding carboxylic acids is 1. The predicted octanol–water partition coefficient (Wildman–Crippen LogP) is 1.73. The van der Waals surface area contributed by atoms with Crippen molar-refractivity contribution in [2.45, 2.75) is 12.8 Å². The van der Waals surface area contributed by atoms with Crippen LogP contribution in [0.25, 0.3) is 16.8 Å². The van der Waals surface area contributed by atoms with Gasteiger partial charge in [-0.05, 0) is 46.4 Å². The molecule has 4 rings (SSSR count). The van der Waals surface area contributed by atoms with Gasteiger partial charge in [0, 0.05) is 11.5 Å². The van der Waals surface area contributed by atoms with Crippen LogP contribution < -0.4 is 39.6 Å². The van der Waals surface area contributed by atoms with Crippen molar-refractivity contribution in [2.24, 2.45) is 4.99 Å². The van der Waals surface area contributed by atoms with Crippen LogP contribution in [0.1, 0.15) is 24.0 Å². The number of carboxylic acids is 1. The molecule has 1 heterocycles. The summed E-state index contributed by atoms with van der Waals surface area (Å²) in [6, 6.07) is 19.7. The third-order valence-electron chi connectivity index (χ3n) is 4.97. The van der Waals surface area contributed by atoms with Gasteiger partial charge in [0.15, 0.2) is 5.17 Å². The summed E-state index contributed by atoms with van der Waals surface area (Å²) in [5.74, 6) is -1.29. The molecular weight excluding hydrogens is 435 g/mol. The number of hydrogen-bond donors (Lipinski definition) is 2.